The van der Waals surface area contributed by atoms with E-state index in [1.165, 1.54) is 19.3 Å². The summed E-state index contributed by atoms with van der Waals surface area (Å²) in [5.41, 5.74) is 0.574. The monoisotopic (exact) mass is 211 g/mol. The summed E-state index contributed by atoms with van der Waals surface area (Å²) in [5, 5.41) is 3.69. The number of hydrogen-bond acceptors (Lipinski definition) is 2. The van der Waals surface area contributed by atoms with Crippen LogP contribution in [0.2, 0.25) is 0 Å². The van der Waals surface area contributed by atoms with Crippen molar-refractivity contribution in [3.05, 3.63) is 0 Å². The van der Waals surface area contributed by atoms with E-state index in [-0.39, 0.29) is 0 Å². The number of nitrogens with one attached hydrogen (secondary N) is 1. The summed E-state index contributed by atoms with van der Waals surface area (Å²) in [7, 11) is 0. The van der Waals surface area contributed by atoms with Gasteiger partial charge >= 0.3 is 0 Å². The molecular weight excluding hydrogens is 186 g/mol. The highest BCUT2D eigenvalue weighted by atomic mass is 16.5. The van der Waals surface area contributed by atoms with Crippen molar-refractivity contribution in [3.8, 4) is 0 Å². The minimum Gasteiger partial charge on any atom is -0.381 e. The Bertz CT molecular complexity index is 209. The van der Waals surface area contributed by atoms with Crippen molar-refractivity contribution in [1.82, 2.24) is 5.32 Å². The van der Waals surface area contributed by atoms with Crippen molar-refractivity contribution in [2.45, 2.75) is 46.1 Å². The van der Waals surface area contributed by atoms with E-state index in [1.54, 1.807) is 0 Å². The maximum atomic E-state index is 5.62. The zero-order valence-corrected chi connectivity index (χ0v) is 10.4. The molecule has 1 heterocycles. The molecule has 0 aromatic carbocycles. The fourth-order valence-electron chi connectivity index (χ4n) is 3.04. The summed E-state index contributed by atoms with van der Waals surface area (Å²) in [6.07, 6.45) is 3.99. The molecule has 1 saturated heterocycles. The second-order valence-electron chi connectivity index (χ2n) is 5.86. The van der Waals surface area contributed by atoms with Crippen molar-refractivity contribution < 1.29 is 4.74 Å². The first-order valence-corrected chi connectivity index (χ1v) is 6.46. The fraction of sp³-hybridized carbons (Fsp3) is 1.00. The van der Waals surface area contributed by atoms with Crippen molar-refractivity contribution in [2.24, 2.45) is 17.3 Å². The lowest BCUT2D eigenvalue weighted by molar-refractivity contribution is 0.0340. The van der Waals surface area contributed by atoms with E-state index in [0.29, 0.717) is 11.5 Å². The second kappa shape index (κ2) is 4.42. The van der Waals surface area contributed by atoms with Gasteiger partial charge in [-0.15, -0.1) is 0 Å². The lowest BCUT2D eigenvalue weighted by Crippen LogP contribution is -2.42. The smallest absolute Gasteiger partial charge is 0.0509 e. The molecule has 2 aliphatic rings. The molecule has 3 atom stereocenters. The molecule has 3 unspecified atom stereocenters. The predicted molar refractivity (Wildman–Crippen MR) is 62.9 cm³/mol. The van der Waals surface area contributed by atoms with Gasteiger partial charge in [-0.05, 0) is 43.1 Å². The first-order chi connectivity index (χ1) is 7.15. The van der Waals surface area contributed by atoms with Gasteiger partial charge in [0.2, 0.25) is 0 Å². The Morgan fingerprint density at radius 1 is 1.47 bits per heavy atom. The maximum Gasteiger partial charge on any atom is 0.0509 e. The van der Waals surface area contributed by atoms with E-state index in [2.05, 4.69) is 26.1 Å². The van der Waals surface area contributed by atoms with E-state index in [0.717, 1.165) is 31.6 Å². The molecule has 0 spiro atoms. The van der Waals surface area contributed by atoms with Gasteiger partial charge in [-0.25, -0.2) is 0 Å². The van der Waals surface area contributed by atoms with Crippen molar-refractivity contribution >= 4 is 0 Å². The summed E-state index contributed by atoms with van der Waals surface area (Å²) in [4.78, 5) is 0. The van der Waals surface area contributed by atoms with Crippen LogP contribution in [-0.4, -0.2) is 25.8 Å². The Hall–Kier alpha value is -0.0800. The molecule has 1 saturated carbocycles. The topological polar surface area (TPSA) is 21.3 Å². The average Bonchev–Trinajstić information content (AvgIpc) is 2.85. The molecule has 2 nitrogen and oxygen atoms in total. The lowest BCUT2D eigenvalue weighted by Gasteiger charge is -2.32. The standard InChI is InChI=1S/C13H25NO/c1-4-14-12(11-8-13(11,2)3)10-6-5-7-15-9-10/h10-12,14H,4-9H2,1-3H3. The molecule has 1 N–H and O–H groups in total. The largest absolute Gasteiger partial charge is 0.381 e. The number of rotatable bonds is 4. The third kappa shape index (κ3) is 2.54. The summed E-state index contributed by atoms with van der Waals surface area (Å²) >= 11 is 0. The fourth-order valence-corrected chi connectivity index (χ4v) is 3.04. The highest BCUT2D eigenvalue weighted by Gasteiger charge is 2.51. The van der Waals surface area contributed by atoms with Crippen LogP contribution in [0.1, 0.15) is 40.0 Å². The van der Waals surface area contributed by atoms with Crippen molar-refractivity contribution in [3.63, 3.8) is 0 Å². The van der Waals surface area contributed by atoms with Crippen LogP contribution in [0.5, 0.6) is 0 Å². The molecule has 1 aliphatic heterocycles. The molecule has 2 rings (SSSR count). The molecule has 15 heavy (non-hydrogen) atoms. The second-order valence-corrected chi connectivity index (χ2v) is 5.86. The number of ether oxygens (including phenoxy) is 1. The van der Waals surface area contributed by atoms with Gasteiger partial charge in [0, 0.05) is 12.6 Å². The Balaban J connectivity index is 1.93. The summed E-state index contributed by atoms with van der Waals surface area (Å²) in [6.45, 7) is 10.0. The van der Waals surface area contributed by atoms with E-state index < -0.39 is 0 Å². The van der Waals surface area contributed by atoms with Crippen LogP contribution < -0.4 is 5.32 Å². The molecule has 0 aromatic rings. The molecule has 2 heteroatoms. The van der Waals surface area contributed by atoms with Crippen molar-refractivity contribution in [2.75, 3.05) is 19.8 Å². The van der Waals surface area contributed by atoms with Crippen LogP contribution in [0.4, 0.5) is 0 Å². The van der Waals surface area contributed by atoms with Gasteiger partial charge in [0.25, 0.3) is 0 Å². The first-order valence-electron chi connectivity index (χ1n) is 6.46. The van der Waals surface area contributed by atoms with E-state index >= 15 is 0 Å². The molecule has 0 radical (unpaired) electrons. The van der Waals surface area contributed by atoms with Crippen LogP contribution in [0.25, 0.3) is 0 Å². The first kappa shape index (κ1) is 11.4. The van der Waals surface area contributed by atoms with E-state index in [4.69, 9.17) is 4.74 Å². The van der Waals surface area contributed by atoms with Crippen LogP contribution in [0, 0.1) is 17.3 Å². The van der Waals surface area contributed by atoms with E-state index in [1.807, 2.05) is 0 Å². The predicted octanol–water partition coefficient (Wildman–Crippen LogP) is 2.44. The van der Waals surface area contributed by atoms with Gasteiger partial charge in [0.05, 0.1) is 6.61 Å². The molecule has 2 fully saturated rings. The zero-order chi connectivity index (χ0) is 10.9. The Kier molecular flexibility index (Phi) is 3.36. The maximum absolute atomic E-state index is 5.62. The summed E-state index contributed by atoms with van der Waals surface area (Å²) < 4.78 is 5.62. The molecule has 0 amide bonds. The summed E-state index contributed by atoms with van der Waals surface area (Å²) in [5.74, 6) is 1.63. The zero-order valence-electron chi connectivity index (χ0n) is 10.4. The van der Waals surface area contributed by atoms with Gasteiger partial charge in [0.1, 0.15) is 0 Å². The number of hydrogen-bond donors (Lipinski definition) is 1. The van der Waals surface area contributed by atoms with Crippen LogP contribution >= 0.6 is 0 Å². The minimum absolute atomic E-state index is 0.574. The Morgan fingerprint density at radius 3 is 2.67 bits per heavy atom. The normalized spacial score (nSPS) is 36.2. The van der Waals surface area contributed by atoms with Gasteiger partial charge in [0.15, 0.2) is 0 Å². The van der Waals surface area contributed by atoms with Gasteiger partial charge in [-0.1, -0.05) is 20.8 Å². The van der Waals surface area contributed by atoms with Crippen LogP contribution in [0.3, 0.4) is 0 Å². The lowest BCUT2D eigenvalue weighted by atomic mass is 9.88. The quantitative estimate of drug-likeness (QED) is 0.771. The van der Waals surface area contributed by atoms with Crippen LogP contribution in [0.15, 0.2) is 0 Å². The average molecular weight is 211 g/mol. The molecule has 0 aromatic heterocycles. The minimum atomic E-state index is 0.574. The van der Waals surface area contributed by atoms with Gasteiger partial charge in [-0.2, -0.15) is 0 Å². The third-order valence-corrected chi connectivity index (χ3v) is 4.17. The molecule has 1 aliphatic carbocycles. The molecule has 0 bridgehead atoms. The van der Waals surface area contributed by atoms with Gasteiger partial charge < -0.3 is 10.1 Å². The van der Waals surface area contributed by atoms with Crippen LogP contribution in [-0.2, 0) is 4.74 Å². The SMILES string of the molecule is CCNC(C1CCCOC1)C1CC1(C)C. The van der Waals surface area contributed by atoms with E-state index in [9.17, 15) is 0 Å². The highest BCUT2D eigenvalue weighted by molar-refractivity contribution is 5.03. The highest BCUT2D eigenvalue weighted by Crippen LogP contribution is 2.55. The van der Waals surface area contributed by atoms with Crippen molar-refractivity contribution in [1.29, 1.82) is 0 Å². The Morgan fingerprint density at radius 2 is 2.20 bits per heavy atom. The third-order valence-electron chi connectivity index (χ3n) is 4.17. The molecule has 88 valence electrons. The molecular formula is C13H25NO. The summed E-state index contributed by atoms with van der Waals surface area (Å²) in [6, 6.07) is 0.699. The van der Waals surface area contributed by atoms with Gasteiger partial charge in [-0.3, -0.25) is 0 Å². The Labute approximate surface area is 93.8 Å².